The molecular weight excluding hydrogens is 184 g/mol. The molecule has 1 aliphatic rings. The Morgan fingerprint density at radius 3 is 2.13 bits per heavy atom. The molecule has 0 bridgehead atoms. The van der Waals surface area contributed by atoms with E-state index < -0.39 is 5.60 Å². The smallest absolute Gasteiger partial charge is 0.0902 e. The Morgan fingerprint density at radius 1 is 1.13 bits per heavy atom. The van der Waals surface area contributed by atoms with E-state index in [1.807, 2.05) is 30.3 Å². The molecule has 1 aliphatic carbocycles. The number of hydrogen-bond donors (Lipinski definition) is 1. The first-order valence-corrected chi connectivity index (χ1v) is 5.70. The fraction of sp³-hybridized carbons (Fsp3) is 0.571. The molecule has 0 heterocycles. The number of hydrogen-bond acceptors (Lipinski definition) is 1. The second-order valence-electron chi connectivity index (χ2n) is 5.87. The van der Waals surface area contributed by atoms with E-state index in [1.54, 1.807) is 0 Å². The molecule has 0 unspecified atom stereocenters. The van der Waals surface area contributed by atoms with Crippen LogP contribution in [0, 0.1) is 11.3 Å². The summed E-state index contributed by atoms with van der Waals surface area (Å²) >= 11 is 0. The second kappa shape index (κ2) is 3.34. The summed E-state index contributed by atoms with van der Waals surface area (Å²) in [7, 11) is 0. The van der Waals surface area contributed by atoms with Gasteiger partial charge in [0.1, 0.15) is 0 Å². The Hall–Kier alpha value is -0.820. The molecule has 2 rings (SSSR count). The largest absolute Gasteiger partial charge is 0.385 e. The zero-order valence-corrected chi connectivity index (χ0v) is 9.83. The van der Waals surface area contributed by atoms with Gasteiger partial charge in [-0.15, -0.1) is 0 Å². The van der Waals surface area contributed by atoms with Crippen molar-refractivity contribution < 1.29 is 5.11 Å². The lowest BCUT2D eigenvalue weighted by Gasteiger charge is -2.50. The van der Waals surface area contributed by atoms with Crippen molar-refractivity contribution in [1.82, 2.24) is 0 Å². The average molecular weight is 204 g/mol. The summed E-state index contributed by atoms with van der Waals surface area (Å²) in [6, 6.07) is 10.0. The number of rotatable bonds is 1. The molecule has 1 fully saturated rings. The van der Waals surface area contributed by atoms with E-state index >= 15 is 0 Å². The molecule has 82 valence electrons. The van der Waals surface area contributed by atoms with Gasteiger partial charge in [0.2, 0.25) is 0 Å². The third-order valence-corrected chi connectivity index (χ3v) is 3.70. The Labute approximate surface area is 92.1 Å². The van der Waals surface area contributed by atoms with Crippen molar-refractivity contribution in [2.45, 2.75) is 39.2 Å². The van der Waals surface area contributed by atoms with E-state index in [4.69, 9.17) is 0 Å². The zero-order chi connectivity index (χ0) is 11.1. The first kappa shape index (κ1) is 10.7. The minimum Gasteiger partial charge on any atom is -0.385 e. The van der Waals surface area contributed by atoms with E-state index in [0.717, 1.165) is 18.4 Å². The number of aliphatic hydroxyl groups is 1. The van der Waals surface area contributed by atoms with E-state index in [0.29, 0.717) is 11.3 Å². The molecule has 0 atom stereocenters. The number of benzene rings is 1. The van der Waals surface area contributed by atoms with Crippen molar-refractivity contribution in [1.29, 1.82) is 0 Å². The maximum absolute atomic E-state index is 10.4. The van der Waals surface area contributed by atoms with Gasteiger partial charge in [0.15, 0.2) is 0 Å². The monoisotopic (exact) mass is 204 g/mol. The highest BCUT2D eigenvalue weighted by Crippen LogP contribution is 2.52. The third kappa shape index (κ3) is 1.93. The molecule has 1 nitrogen and oxygen atoms in total. The molecule has 1 N–H and O–H groups in total. The highest BCUT2D eigenvalue weighted by atomic mass is 16.3. The van der Waals surface area contributed by atoms with Gasteiger partial charge in [0.05, 0.1) is 5.60 Å². The fourth-order valence-electron chi connectivity index (χ4n) is 2.35. The maximum atomic E-state index is 10.4. The van der Waals surface area contributed by atoms with Crippen molar-refractivity contribution in [2.24, 2.45) is 11.3 Å². The highest BCUT2D eigenvalue weighted by Gasteiger charge is 2.48. The van der Waals surface area contributed by atoms with Crippen LogP contribution in [0.2, 0.25) is 0 Å². The minimum absolute atomic E-state index is 0.320. The normalized spacial score (nSPS) is 31.1. The van der Waals surface area contributed by atoms with Crippen LogP contribution in [0.15, 0.2) is 30.3 Å². The molecule has 0 saturated heterocycles. The van der Waals surface area contributed by atoms with Crippen LogP contribution in [0.25, 0.3) is 0 Å². The topological polar surface area (TPSA) is 20.2 Å². The predicted octanol–water partition coefficient (Wildman–Crippen LogP) is 3.33. The van der Waals surface area contributed by atoms with E-state index in [1.165, 1.54) is 0 Å². The van der Waals surface area contributed by atoms with Gasteiger partial charge in [0.25, 0.3) is 0 Å². The molecule has 1 saturated carbocycles. The van der Waals surface area contributed by atoms with Gasteiger partial charge < -0.3 is 5.11 Å². The Balaban J connectivity index is 2.09. The maximum Gasteiger partial charge on any atom is 0.0902 e. The average Bonchev–Trinajstić information content (AvgIpc) is 2.13. The van der Waals surface area contributed by atoms with Crippen LogP contribution < -0.4 is 0 Å². The summed E-state index contributed by atoms with van der Waals surface area (Å²) in [5.74, 6) is 0.641. The van der Waals surface area contributed by atoms with Crippen LogP contribution >= 0.6 is 0 Å². The van der Waals surface area contributed by atoms with E-state index in [9.17, 15) is 5.11 Å². The van der Waals surface area contributed by atoms with Gasteiger partial charge in [0, 0.05) is 0 Å². The minimum atomic E-state index is -0.556. The molecule has 15 heavy (non-hydrogen) atoms. The summed E-state index contributed by atoms with van der Waals surface area (Å²) in [5.41, 5.74) is 0.839. The second-order valence-corrected chi connectivity index (χ2v) is 5.87. The van der Waals surface area contributed by atoms with Gasteiger partial charge in [-0.05, 0) is 29.7 Å². The Kier molecular flexibility index (Phi) is 2.38. The molecule has 1 aromatic carbocycles. The lowest BCUT2D eigenvalue weighted by Crippen LogP contribution is -2.46. The predicted molar refractivity (Wildman–Crippen MR) is 62.5 cm³/mol. The van der Waals surface area contributed by atoms with Crippen LogP contribution in [0.4, 0.5) is 0 Å². The van der Waals surface area contributed by atoms with Gasteiger partial charge in [-0.2, -0.15) is 0 Å². The van der Waals surface area contributed by atoms with E-state index in [-0.39, 0.29) is 0 Å². The summed E-state index contributed by atoms with van der Waals surface area (Å²) in [5, 5.41) is 10.4. The third-order valence-electron chi connectivity index (χ3n) is 3.70. The molecule has 0 amide bonds. The summed E-state index contributed by atoms with van der Waals surface area (Å²) < 4.78 is 0. The van der Waals surface area contributed by atoms with E-state index in [2.05, 4.69) is 20.8 Å². The van der Waals surface area contributed by atoms with Crippen LogP contribution in [-0.2, 0) is 5.60 Å². The van der Waals surface area contributed by atoms with Crippen LogP contribution in [0.5, 0.6) is 0 Å². The summed E-state index contributed by atoms with van der Waals surface area (Å²) in [6.45, 7) is 6.76. The quantitative estimate of drug-likeness (QED) is 0.744. The summed E-state index contributed by atoms with van der Waals surface area (Å²) in [4.78, 5) is 0. The zero-order valence-electron chi connectivity index (χ0n) is 9.83. The van der Waals surface area contributed by atoms with Crippen LogP contribution in [0.3, 0.4) is 0 Å². The molecule has 1 aromatic rings. The molecule has 1 heteroatoms. The fourth-order valence-corrected chi connectivity index (χ4v) is 2.35. The van der Waals surface area contributed by atoms with Gasteiger partial charge in [-0.25, -0.2) is 0 Å². The first-order valence-electron chi connectivity index (χ1n) is 5.70. The van der Waals surface area contributed by atoms with Crippen molar-refractivity contribution in [3.8, 4) is 0 Å². The van der Waals surface area contributed by atoms with Gasteiger partial charge >= 0.3 is 0 Å². The Bertz CT molecular complexity index is 328. The lowest BCUT2D eigenvalue weighted by molar-refractivity contribution is -0.112. The molecule has 0 radical (unpaired) electrons. The SMILES string of the molecule is CC(C)(C)C1CC(O)(c2ccccc2)C1. The van der Waals surface area contributed by atoms with Crippen molar-refractivity contribution >= 4 is 0 Å². The standard InChI is InChI=1S/C14H20O/c1-13(2,3)12-9-14(15,10-12)11-7-5-4-6-8-11/h4-8,12,15H,9-10H2,1-3H3. The van der Waals surface area contributed by atoms with Crippen molar-refractivity contribution in [2.75, 3.05) is 0 Å². The molecular formula is C14H20O. The first-order chi connectivity index (χ1) is 6.92. The highest BCUT2D eigenvalue weighted by molar-refractivity contribution is 5.25. The Morgan fingerprint density at radius 2 is 1.67 bits per heavy atom. The molecule has 0 aliphatic heterocycles. The molecule has 0 spiro atoms. The lowest BCUT2D eigenvalue weighted by atomic mass is 9.58. The van der Waals surface area contributed by atoms with Crippen LogP contribution in [0.1, 0.15) is 39.2 Å². The van der Waals surface area contributed by atoms with Gasteiger partial charge in [-0.1, -0.05) is 51.1 Å². The van der Waals surface area contributed by atoms with Crippen LogP contribution in [-0.4, -0.2) is 5.11 Å². The van der Waals surface area contributed by atoms with Gasteiger partial charge in [-0.3, -0.25) is 0 Å². The van der Waals surface area contributed by atoms with Crippen molar-refractivity contribution in [3.63, 3.8) is 0 Å². The summed E-state index contributed by atoms with van der Waals surface area (Å²) in [6.07, 6.45) is 1.81. The molecule has 0 aromatic heterocycles. The van der Waals surface area contributed by atoms with Crippen molar-refractivity contribution in [3.05, 3.63) is 35.9 Å².